The number of unbranched alkanes of at least 4 members (excludes halogenated alkanes) is 2. The molecule has 0 radical (unpaired) electrons. The third-order valence-corrected chi connectivity index (χ3v) is 3.21. The molecule has 6 heteroatoms. The number of nitrogens with zero attached hydrogens (tertiary/aromatic N) is 3. The zero-order chi connectivity index (χ0) is 15.2. The van der Waals surface area contributed by atoms with Crippen LogP contribution in [-0.2, 0) is 0 Å². The topological polar surface area (TPSA) is 83.0 Å². The maximum atomic E-state index is 12.0. The van der Waals surface area contributed by atoms with Crippen molar-refractivity contribution in [1.29, 1.82) is 0 Å². The number of benzene rings is 1. The Morgan fingerprint density at radius 1 is 1.29 bits per heavy atom. The summed E-state index contributed by atoms with van der Waals surface area (Å²) in [6, 6.07) is 7.30. The predicted molar refractivity (Wildman–Crippen MR) is 81.2 cm³/mol. The van der Waals surface area contributed by atoms with E-state index in [0.29, 0.717) is 12.2 Å². The van der Waals surface area contributed by atoms with Crippen LogP contribution >= 0.6 is 0 Å². The van der Waals surface area contributed by atoms with Crippen molar-refractivity contribution in [2.75, 3.05) is 12.8 Å². The Balaban J connectivity index is 2.15. The van der Waals surface area contributed by atoms with Gasteiger partial charge in [0, 0.05) is 12.0 Å². The number of rotatable bonds is 6. The van der Waals surface area contributed by atoms with Gasteiger partial charge >= 0.3 is 0 Å². The minimum absolute atomic E-state index is 0.117. The SMILES string of the molecule is CCCCCC(=O)n1nc(-c2ccc(OC)cc2)nc1N. The molecule has 0 bridgehead atoms. The number of nitrogens with two attached hydrogens (primary N) is 1. The summed E-state index contributed by atoms with van der Waals surface area (Å²) in [5.74, 6) is 1.20. The Kier molecular flexibility index (Phi) is 4.92. The molecule has 0 aliphatic carbocycles. The first kappa shape index (κ1) is 15.0. The van der Waals surface area contributed by atoms with Crippen LogP contribution in [0.25, 0.3) is 11.4 Å². The maximum Gasteiger partial charge on any atom is 0.250 e. The molecule has 0 amide bonds. The minimum atomic E-state index is -0.117. The van der Waals surface area contributed by atoms with Crippen molar-refractivity contribution in [3.8, 4) is 17.1 Å². The summed E-state index contributed by atoms with van der Waals surface area (Å²) in [4.78, 5) is 16.2. The van der Waals surface area contributed by atoms with E-state index in [1.807, 2.05) is 24.3 Å². The van der Waals surface area contributed by atoms with Crippen LogP contribution < -0.4 is 10.5 Å². The zero-order valence-electron chi connectivity index (χ0n) is 12.4. The molecule has 21 heavy (non-hydrogen) atoms. The van der Waals surface area contributed by atoms with Gasteiger partial charge in [-0.15, -0.1) is 5.10 Å². The van der Waals surface area contributed by atoms with Gasteiger partial charge in [0.2, 0.25) is 11.9 Å². The summed E-state index contributed by atoms with van der Waals surface area (Å²) in [6.07, 6.45) is 3.36. The molecule has 1 heterocycles. The number of methoxy groups -OCH3 is 1. The van der Waals surface area contributed by atoms with Crippen LogP contribution in [0.2, 0.25) is 0 Å². The van der Waals surface area contributed by atoms with Crippen molar-refractivity contribution in [3.63, 3.8) is 0 Å². The predicted octanol–water partition coefficient (Wildman–Crippen LogP) is 2.76. The molecule has 2 aromatic rings. The van der Waals surface area contributed by atoms with Crippen LogP contribution in [0.5, 0.6) is 5.75 Å². The molecule has 0 aliphatic heterocycles. The number of aromatic nitrogens is 3. The highest BCUT2D eigenvalue weighted by molar-refractivity contribution is 5.81. The summed E-state index contributed by atoms with van der Waals surface area (Å²) in [7, 11) is 1.61. The molecule has 0 spiro atoms. The Morgan fingerprint density at radius 3 is 2.62 bits per heavy atom. The normalized spacial score (nSPS) is 10.6. The van der Waals surface area contributed by atoms with Gasteiger partial charge in [-0.3, -0.25) is 4.79 Å². The molecule has 0 saturated carbocycles. The van der Waals surface area contributed by atoms with Crippen LogP contribution in [0, 0.1) is 0 Å². The summed E-state index contributed by atoms with van der Waals surface area (Å²) < 4.78 is 6.29. The van der Waals surface area contributed by atoms with Gasteiger partial charge in [0.15, 0.2) is 5.82 Å². The maximum absolute atomic E-state index is 12.0. The number of ether oxygens (including phenoxy) is 1. The quantitative estimate of drug-likeness (QED) is 0.826. The molecule has 0 fully saturated rings. The molecule has 2 N–H and O–H groups in total. The lowest BCUT2D eigenvalue weighted by molar-refractivity contribution is 0.0886. The molecule has 0 unspecified atom stereocenters. The van der Waals surface area contributed by atoms with Crippen molar-refractivity contribution in [1.82, 2.24) is 14.8 Å². The second-order valence-corrected chi connectivity index (χ2v) is 4.78. The number of carbonyl (C=O) groups is 1. The lowest BCUT2D eigenvalue weighted by Crippen LogP contribution is -2.15. The van der Waals surface area contributed by atoms with Gasteiger partial charge < -0.3 is 10.5 Å². The van der Waals surface area contributed by atoms with E-state index in [-0.39, 0.29) is 11.9 Å². The average molecular weight is 288 g/mol. The van der Waals surface area contributed by atoms with Crippen LogP contribution in [0.1, 0.15) is 37.4 Å². The zero-order valence-corrected chi connectivity index (χ0v) is 12.4. The van der Waals surface area contributed by atoms with E-state index in [1.165, 1.54) is 4.68 Å². The van der Waals surface area contributed by atoms with Crippen LogP contribution in [-0.4, -0.2) is 27.8 Å². The van der Waals surface area contributed by atoms with E-state index < -0.39 is 0 Å². The van der Waals surface area contributed by atoms with Crippen LogP contribution in [0.4, 0.5) is 5.95 Å². The summed E-state index contributed by atoms with van der Waals surface area (Å²) in [6.45, 7) is 2.09. The molecule has 1 aromatic carbocycles. The van der Waals surface area contributed by atoms with E-state index in [0.717, 1.165) is 30.6 Å². The standard InChI is InChI=1S/C15H20N4O2/c1-3-4-5-6-13(20)19-15(16)17-14(18-19)11-7-9-12(21-2)10-8-11/h7-10H,3-6H2,1-2H3,(H2,16,17,18). The molecular weight excluding hydrogens is 268 g/mol. The number of carbonyl (C=O) groups excluding carboxylic acids is 1. The first-order valence-electron chi connectivity index (χ1n) is 7.06. The largest absolute Gasteiger partial charge is 0.497 e. The van der Waals surface area contributed by atoms with Crippen molar-refractivity contribution in [2.24, 2.45) is 0 Å². The Morgan fingerprint density at radius 2 is 2.00 bits per heavy atom. The first-order valence-corrected chi connectivity index (χ1v) is 7.06. The van der Waals surface area contributed by atoms with Gasteiger partial charge in [0.25, 0.3) is 0 Å². The Bertz CT molecular complexity index is 605. The number of hydrogen-bond donors (Lipinski definition) is 1. The van der Waals surface area contributed by atoms with E-state index in [2.05, 4.69) is 17.0 Å². The molecule has 0 aliphatic rings. The third-order valence-electron chi connectivity index (χ3n) is 3.21. The highest BCUT2D eigenvalue weighted by atomic mass is 16.5. The van der Waals surface area contributed by atoms with Gasteiger partial charge in [-0.2, -0.15) is 9.67 Å². The van der Waals surface area contributed by atoms with Gasteiger partial charge in [0.05, 0.1) is 7.11 Å². The smallest absolute Gasteiger partial charge is 0.250 e. The molecule has 1 aromatic heterocycles. The monoisotopic (exact) mass is 288 g/mol. The number of hydrogen-bond acceptors (Lipinski definition) is 5. The van der Waals surface area contributed by atoms with Crippen molar-refractivity contribution >= 4 is 11.9 Å². The molecular formula is C15H20N4O2. The van der Waals surface area contributed by atoms with Crippen LogP contribution in [0.3, 0.4) is 0 Å². The van der Waals surface area contributed by atoms with Gasteiger partial charge in [-0.1, -0.05) is 19.8 Å². The molecule has 2 rings (SSSR count). The van der Waals surface area contributed by atoms with E-state index in [9.17, 15) is 4.79 Å². The highest BCUT2D eigenvalue weighted by Crippen LogP contribution is 2.20. The van der Waals surface area contributed by atoms with Gasteiger partial charge in [-0.25, -0.2) is 0 Å². The number of nitrogen functional groups attached to an aromatic ring is 1. The first-order chi connectivity index (χ1) is 10.2. The van der Waals surface area contributed by atoms with E-state index in [1.54, 1.807) is 7.11 Å². The van der Waals surface area contributed by atoms with Gasteiger partial charge in [-0.05, 0) is 30.7 Å². The fourth-order valence-electron chi connectivity index (χ4n) is 2.00. The van der Waals surface area contributed by atoms with Gasteiger partial charge in [0.1, 0.15) is 5.75 Å². The minimum Gasteiger partial charge on any atom is -0.497 e. The third kappa shape index (κ3) is 3.59. The number of anilines is 1. The second-order valence-electron chi connectivity index (χ2n) is 4.78. The lowest BCUT2D eigenvalue weighted by atomic mass is 10.2. The summed E-state index contributed by atoms with van der Waals surface area (Å²) in [5.41, 5.74) is 6.58. The molecule has 0 saturated heterocycles. The fraction of sp³-hybridized carbons (Fsp3) is 0.400. The van der Waals surface area contributed by atoms with Crippen molar-refractivity contribution < 1.29 is 9.53 Å². The fourth-order valence-corrected chi connectivity index (χ4v) is 2.00. The van der Waals surface area contributed by atoms with E-state index >= 15 is 0 Å². The lowest BCUT2D eigenvalue weighted by Gasteiger charge is -2.01. The summed E-state index contributed by atoms with van der Waals surface area (Å²) >= 11 is 0. The summed E-state index contributed by atoms with van der Waals surface area (Å²) in [5, 5.41) is 4.20. The average Bonchev–Trinajstić information content (AvgIpc) is 2.89. The highest BCUT2D eigenvalue weighted by Gasteiger charge is 2.14. The van der Waals surface area contributed by atoms with Crippen LogP contribution in [0.15, 0.2) is 24.3 Å². The Labute approximate surface area is 123 Å². The molecule has 112 valence electrons. The van der Waals surface area contributed by atoms with Crippen molar-refractivity contribution in [2.45, 2.75) is 32.6 Å². The van der Waals surface area contributed by atoms with Crippen molar-refractivity contribution in [3.05, 3.63) is 24.3 Å². The molecule has 6 nitrogen and oxygen atoms in total. The second kappa shape index (κ2) is 6.88. The van der Waals surface area contributed by atoms with E-state index in [4.69, 9.17) is 10.5 Å². The Hall–Kier alpha value is -2.37. The molecule has 0 atom stereocenters.